The second-order valence-corrected chi connectivity index (χ2v) is 6.14. The van der Waals surface area contributed by atoms with E-state index in [-0.39, 0.29) is 0 Å². The summed E-state index contributed by atoms with van der Waals surface area (Å²) in [5, 5.41) is 7.44. The normalized spacial score (nSPS) is 12.8. The summed E-state index contributed by atoms with van der Waals surface area (Å²) in [4.78, 5) is 5.36. The SMILES string of the molecule is CCN=c1scc(-c2cccc(Cl)c2)n1N=C(C)c1ccco1. The standard InChI is InChI=1S/C17H16ClN3OS/c1-3-19-17-21(20-12(2)16-8-5-9-22-16)15(11-23-17)13-6-4-7-14(18)10-13/h4-11H,3H2,1-2H3. The predicted molar refractivity (Wildman–Crippen MR) is 95.2 cm³/mol. The van der Waals surface area contributed by atoms with E-state index in [1.807, 2.05) is 60.3 Å². The third-order valence-electron chi connectivity index (χ3n) is 3.23. The van der Waals surface area contributed by atoms with E-state index in [2.05, 4.69) is 4.99 Å². The van der Waals surface area contributed by atoms with Crippen LogP contribution in [0.15, 0.2) is 62.6 Å². The minimum absolute atomic E-state index is 0.695. The van der Waals surface area contributed by atoms with Crippen LogP contribution >= 0.6 is 22.9 Å². The first-order valence-electron chi connectivity index (χ1n) is 7.25. The van der Waals surface area contributed by atoms with Gasteiger partial charge in [-0.3, -0.25) is 4.99 Å². The summed E-state index contributed by atoms with van der Waals surface area (Å²) in [6, 6.07) is 11.5. The molecule has 23 heavy (non-hydrogen) atoms. The minimum atomic E-state index is 0.695. The fourth-order valence-corrected chi connectivity index (χ4v) is 3.26. The molecule has 0 aliphatic carbocycles. The van der Waals surface area contributed by atoms with Gasteiger partial charge in [0.1, 0.15) is 11.5 Å². The van der Waals surface area contributed by atoms with E-state index in [1.165, 1.54) is 0 Å². The topological polar surface area (TPSA) is 42.8 Å². The zero-order chi connectivity index (χ0) is 16.2. The second-order valence-electron chi connectivity index (χ2n) is 4.86. The highest BCUT2D eigenvalue weighted by Gasteiger charge is 2.09. The molecule has 0 spiro atoms. The largest absolute Gasteiger partial charge is 0.463 e. The maximum absolute atomic E-state index is 6.12. The van der Waals surface area contributed by atoms with Crippen molar-refractivity contribution in [2.24, 2.45) is 10.1 Å². The monoisotopic (exact) mass is 345 g/mol. The predicted octanol–water partition coefficient (Wildman–Crippen LogP) is 4.66. The van der Waals surface area contributed by atoms with Crippen molar-refractivity contribution in [3.05, 3.63) is 63.6 Å². The van der Waals surface area contributed by atoms with E-state index in [1.54, 1.807) is 17.6 Å². The summed E-state index contributed by atoms with van der Waals surface area (Å²) in [6.07, 6.45) is 1.64. The quantitative estimate of drug-likeness (QED) is 0.634. The van der Waals surface area contributed by atoms with E-state index in [0.29, 0.717) is 11.6 Å². The Morgan fingerprint density at radius 2 is 2.17 bits per heavy atom. The first-order chi connectivity index (χ1) is 11.2. The summed E-state index contributed by atoms with van der Waals surface area (Å²) in [5.74, 6) is 0.739. The summed E-state index contributed by atoms with van der Waals surface area (Å²) in [6.45, 7) is 4.62. The van der Waals surface area contributed by atoms with Gasteiger partial charge in [0, 0.05) is 22.5 Å². The van der Waals surface area contributed by atoms with Crippen molar-refractivity contribution in [2.75, 3.05) is 6.54 Å². The highest BCUT2D eigenvalue weighted by molar-refractivity contribution is 7.07. The molecule has 0 radical (unpaired) electrons. The van der Waals surface area contributed by atoms with Crippen LogP contribution in [0.3, 0.4) is 0 Å². The van der Waals surface area contributed by atoms with E-state index in [0.717, 1.165) is 27.5 Å². The molecule has 0 aliphatic rings. The van der Waals surface area contributed by atoms with Gasteiger partial charge in [0.2, 0.25) is 4.80 Å². The molecule has 3 aromatic rings. The average Bonchev–Trinajstić information content (AvgIpc) is 3.18. The molecule has 0 fully saturated rings. The van der Waals surface area contributed by atoms with E-state index in [4.69, 9.17) is 21.1 Å². The van der Waals surface area contributed by atoms with Gasteiger partial charge >= 0.3 is 0 Å². The lowest BCUT2D eigenvalue weighted by Crippen LogP contribution is -2.14. The Balaban J connectivity index is 2.16. The summed E-state index contributed by atoms with van der Waals surface area (Å²) >= 11 is 7.68. The maximum atomic E-state index is 6.12. The van der Waals surface area contributed by atoms with Gasteiger partial charge in [0.25, 0.3) is 0 Å². The second kappa shape index (κ2) is 6.98. The lowest BCUT2D eigenvalue weighted by molar-refractivity contribution is 0.556. The number of thiazole rings is 1. The van der Waals surface area contributed by atoms with Crippen LogP contribution in [0.25, 0.3) is 11.3 Å². The van der Waals surface area contributed by atoms with Crippen molar-refractivity contribution in [2.45, 2.75) is 13.8 Å². The van der Waals surface area contributed by atoms with Crippen LogP contribution in [0.5, 0.6) is 0 Å². The third kappa shape index (κ3) is 3.46. The fraction of sp³-hybridized carbons (Fsp3) is 0.176. The Morgan fingerprint density at radius 1 is 1.30 bits per heavy atom. The number of hydrogen-bond donors (Lipinski definition) is 0. The fourth-order valence-electron chi connectivity index (χ4n) is 2.17. The number of benzene rings is 1. The molecule has 0 saturated heterocycles. The van der Waals surface area contributed by atoms with E-state index < -0.39 is 0 Å². The molecular weight excluding hydrogens is 330 g/mol. The molecular formula is C17H16ClN3OS. The first kappa shape index (κ1) is 15.8. The number of rotatable bonds is 4. The van der Waals surface area contributed by atoms with Crippen molar-refractivity contribution in [3.8, 4) is 11.3 Å². The first-order valence-corrected chi connectivity index (χ1v) is 8.51. The number of halogens is 1. The molecule has 0 atom stereocenters. The third-order valence-corrected chi connectivity index (χ3v) is 4.32. The van der Waals surface area contributed by atoms with Crippen molar-refractivity contribution in [1.29, 1.82) is 0 Å². The Labute approximate surface area is 143 Å². The lowest BCUT2D eigenvalue weighted by atomic mass is 10.2. The van der Waals surface area contributed by atoms with Gasteiger partial charge in [-0.1, -0.05) is 23.7 Å². The summed E-state index contributed by atoms with van der Waals surface area (Å²) < 4.78 is 7.26. The van der Waals surface area contributed by atoms with Crippen LogP contribution in [0.4, 0.5) is 0 Å². The molecule has 2 aromatic heterocycles. The Hall–Kier alpha value is -2.11. The molecule has 0 saturated carbocycles. The molecule has 1 aromatic carbocycles. The Kier molecular flexibility index (Phi) is 4.79. The van der Waals surface area contributed by atoms with Gasteiger partial charge < -0.3 is 4.42 Å². The van der Waals surface area contributed by atoms with Gasteiger partial charge in [0.05, 0.1) is 12.0 Å². The maximum Gasteiger partial charge on any atom is 0.206 e. The molecule has 0 bridgehead atoms. The highest BCUT2D eigenvalue weighted by atomic mass is 35.5. The van der Waals surface area contributed by atoms with Crippen molar-refractivity contribution < 1.29 is 4.42 Å². The van der Waals surface area contributed by atoms with Crippen LogP contribution < -0.4 is 4.80 Å². The van der Waals surface area contributed by atoms with Crippen molar-refractivity contribution in [3.63, 3.8) is 0 Å². The molecule has 0 unspecified atom stereocenters. The molecule has 0 aliphatic heterocycles. The molecule has 0 N–H and O–H groups in total. The van der Waals surface area contributed by atoms with Crippen molar-refractivity contribution in [1.82, 2.24) is 4.68 Å². The lowest BCUT2D eigenvalue weighted by Gasteiger charge is -2.05. The zero-order valence-electron chi connectivity index (χ0n) is 12.9. The van der Waals surface area contributed by atoms with Gasteiger partial charge in [-0.2, -0.15) is 5.10 Å². The zero-order valence-corrected chi connectivity index (χ0v) is 14.4. The van der Waals surface area contributed by atoms with Crippen LogP contribution in [0, 0.1) is 0 Å². The van der Waals surface area contributed by atoms with Crippen LogP contribution in [0.1, 0.15) is 19.6 Å². The highest BCUT2D eigenvalue weighted by Crippen LogP contribution is 2.23. The Morgan fingerprint density at radius 3 is 2.87 bits per heavy atom. The molecule has 3 rings (SSSR count). The number of nitrogens with zero attached hydrogens (tertiary/aromatic N) is 3. The number of hydrogen-bond acceptors (Lipinski definition) is 4. The molecule has 118 valence electrons. The number of furan rings is 1. The van der Waals surface area contributed by atoms with Crippen molar-refractivity contribution >= 4 is 28.6 Å². The summed E-state index contributed by atoms with van der Waals surface area (Å²) in [5.41, 5.74) is 2.74. The molecule has 6 heteroatoms. The van der Waals surface area contributed by atoms with E-state index >= 15 is 0 Å². The molecule has 4 nitrogen and oxygen atoms in total. The van der Waals surface area contributed by atoms with Crippen LogP contribution in [-0.4, -0.2) is 16.9 Å². The van der Waals surface area contributed by atoms with Gasteiger partial charge in [-0.05, 0) is 38.1 Å². The summed E-state index contributed by atoms with van der Waals surface area (Å²) in [7, 11) is 0. The van der Waals surface area contributed by atoms with Gasteiger partial charge in [0.15, 0.2) is 0 Å². The van der Waals surface area contributed by atoms with Gasteiger partial charge in [-0.15, -0.1) is 11.3 Å². The molecule has 2 heterocycles. The average molecular weight is 346 g/mol. The van der Waals surface area contributed by atoms with E-state index in [9.17, 15) is 0 Å². The number of aromatic nitrogens is 1. The molecule has 0 amide bonds. The van der Waals surface area contributed by atoms with Gasteiger partial charge in [-0.25, -0.2) is 4.68 Å². The van der Waals surface area contributed by atoms with Crippen LogP contribution in [0.2, 0.25) is 5.02 Å². The Bertz CT molecular complexity index is 891. The van der Waals surface area contributed by atoms with Crippen LogP contribution in [-0.2, 0) is 0 Å². The smallest absolute Gasteiger partial charge is 0.206 e. The minimum Gasteiger partial charge on any atom is -0.463 e.